The van der Waals surface area contributed by atoms with Crippen LogP contribution in [0, 0.1) is 5.92 Å². The van der Waals surface area contributed by atoms with Crippen LogP contribution in [-0.4, -0.2) is 68.6 Å². The Hall–Kier alpha value is -2.74. The molecule has 2 amide bonds. The molecule has 4 rings (SSSR count). The highest BCUT2D eigenvalue weighted by atomic mass is 16.2. The Labute approximate surface area is 177 Å². The summed E-state index contributed by atoms with van der Waals surface area (Å²) >= 11 is 0. The van der Waals surface area contributed by atoms with Gasteiger partial charge in [0, 0.05) is 45.1 Å². The van der Waals surface area contributed by atoms with Crippen molar-refractivity contribution in [1.82, 2.24) is 29.9 Å². The van der Waals surface area contributed by atoms with Gasteiger partial charge in [-0.05, 0) is 44.4 Å². The van der Waals surface area contributed by atoms with Crippen LogP contribution in [0.15, 0.2) is 36.8 Å². The van der Waals surface area contributed by atoms with E-state index in [2.05, 4.69) is 20.3 Å². The molecule has 1 atom stereocenters. The van der Waals surface area contributed by atoms with Crippen molar-refractivity contribution in [1.29, 1.82) is 0 Å². The Morgan fingerprint density at radius 3 is 2.70 bits per heavy atom. The van der Waals surface area contributed by atoms with Gasteiger partial charge < -0.3 is 10.2 Å². The molecule has 0 aliphatic carbocycles. The molecular weight excluding hydrogens is 380 g/mol. The summed E-state index contributed by atoms with van der Waals surface area (Å²) in [5.41, 5.74) is 1.53. The second-order valence-corrected chi connectivity index (χ2v) is 8.30. The number of carbonyl (C=O) groups excluding carboxylic acids is 2. The first-order chi connectivity index (χ1) is 14.6. The first-order valence-corrected chi connectivity index (χ1v) is 10.8. The number of carbonyl (C=O) groups is 2. The van der Waals surface area contributed by atoms with Gasteiger partial charge in [-0.25, -0.2) is 0 Å². The molecule has 1 N–H and O–H groups in total. The number of aryl methyl sites for hydroxylation is 1. The van der Waals surface area contributed by atoms with Gasteiger partial charge in [0.15, 0.2) is 0 Å². The fourth-order valence-corrected chi connectivity index (χ4v) is 4.53. The second-order valence-electron chi connectivity index (χ2n) is 8.30. The molecule has 2 aliphatic heterocycles. The van der Waals surface area contributed by atoms with Crippen LogP contribution in [-0.2, 0) is 18.4 Å². The monoisotopic (exact) mass is 410 g/mol. The summed E-state index contributed by atoms with van der Waals surface area (Å²) in [4.78, 5) is 34.0. The summed E-state index contributed by atoms with van der Waals surface area (Å²) in [5, 5.41) is 7.14. The van der Waals surface area contributed by atoms with Crippen LogP contribution in [0.25, 0.3) is 0 Å². The molecule has 30 heavy (non-hydrogen) atoms. The van der Waals surface area contributed by atoms with Crippen LogP contribution in [0.1, 0.15) is 41.7 Å². The molecule has 0 unspecified atom stereocenters. The summed E-state index contributed by atoms with van der Waals surface area (Å²) < 4.78 is 1.66. The highest BCUT2D eigenvalue weighted by Gasteiger charge is 2.32. The highest BCUT2D eigenvalue weighted by Crippen LogP contribution is 2.24. The molecule has 4 heterocycles. The first kappa shape index (κ1) is 20.5. The largest absolute Gasteiger partial charge is 0.350 e. The standard InChI is InChI=1S/C22H30N6O2/c1-26-15-18(13-25-26)22(30)27-11-7-20(8-12-27)28-10-4-5-17(16-28)21(29)24-14-19-6-2-3-9-23-19/h2-3,6,9,13,15,17,20H,4-5,7-8,10-12,14,16H2,1H3,(H,24,29)/t17-/m0/s1. The van der Waals surface area contributed by atoms with E-state index in [4.69, 9.17) is 0 Å². The lowest BCUT2D eigenvalue weighted by Crippen LogP contribution is -2.51. The van der Waals surface area contributed by atoms with E-state index in [1.807, 2.05) is 30.1 Å². The molecule has 2 aromatic rings. The SMILES string of the molecule is Cn1cc(C(=O)N2CCC(N3CCC[C@H](C(=O)NCc4ccccn4)C3)CC2)cn1. The Balaban J connectivity index is 1.26. The maximum absolute atomic E-state index is 12.7. The Morgan fingerprint density at radius 1 is 1.17 bits per heavy atom. The minimum absolute atomic E-state index is 0.0255. The minimum Gasteiger partial charge on any atom is -0.350 e. The van der Waals surface area contributed by atoms with Gasteiger partial charge in [0.05, 0.1) is 29.9 Å². The van der Waals surface area contributed by atoms with E-state index in [1.54, 1.807) is 23.3 Å². The Morgan fingerprint density at radius 2 is 2.00 bits per heavy atom. The van der Waals surface area contributed by atoms with Crippen molar-refractivity contribution in [2.75, 3.05) is 26.2 Å². The summed E-state index contributed by atoms with van der Waals surface area (Å²) in [6.07, 6.45) is 9.03. The van der Waals surface area contributed by atoms with Crippen molar-refractivity contribution in [2.45, 2.75) is 38.3 Å². The molecule has 8 heteroatoms. The number of hydrogen-bond donors (Lipinski definition) is 1. The molecule has 2 fully saturated rings. The van der Waals surface area contributed by atoms with E-state index in [1.165, 1.54) is 0 Å². The molecule has 160 valence electrons. The van der Waals surface area contributed by atoms with Crippen LogP contribution in [0.4, 0.5) is 0 Å². The number of nitrogens with zero attached hydrogens (tertiary/aromatic N) is 5. The van der Waals surface area contributed by atoms with Crippen molar-refractivity contribution in [2.24, 2.45) is 13.0 Å². The van der Waals surface area contributed by atoms with Gasteiger partial charge in [0.1, 0.15) is 0 Å². The zero-order chi connectivity index (χ0) is 20.9. The predicted octanol–water partition coefficient (Wildman–Crippen LogP) is 1.45. The van der Waals surface area contributed by atoms with Crippen LogP contribution in [0.3, 0.4) is 0 Å². The highest BCUT2D eigenvalue weighted by molar-refractivity contribution is 5.93. The fraction of sp³-hybridized carbons (Fsp3) is 0.545. The number of likely N-dealkylation sites (tertiary alicyclic amines) is 2. The summed E-state index contributed by atoms with van der Waals surface area (Å²) in [6, 6.07) is 6.17. The zero-order valence-corrected chi connectivity index (χ0v) is 17.5. The number of amides is 2. The number of pyridine rings is 1. The Kier molecular flexibility index (Phi) is 6.42. The number of nitrogens with one attached hydrogen (secondary N) is 1. The van der Waals surface area contributed by atoms with Crippen molar-refractivity contribution >= 4 is 11.8 Å². The predicted molar refractivity (Wildman–Crippen MR) is 113 cm³/mol. The third-order valence-electron chi connectivity index (χ3n) is 6.21. The van der Waals surface area contributed by atoms with Gasteiger partial charge in [-0.3, -0.25) is 24.2 Å². The van der Waals surface area contributed by atoms with E-state index < -0.39 is 0 Å². The first-order valence-electron chi connectivity index (χ1n) is 10.8. The van der Waals surface area contributed by atoms with Crippen molar-refractivity contribution in [3.05, 3.63) is 48.0 Å². The van der Waals surface area contributed by atoms with Gasteiger partial charge in [0.25, 0.3) is 5.91 Å². The van der Waals surface area contributed by atoms with E-state index in [0.717, 1.165) is 57.6 Å². The molecular formula is C22H30N6O2. The number of aromatic nitrogens is 3. The molecule has 0 spiro atoms. The summed E-state index contributed by atoms with van der Waals surface area (Å²) in [7, 11) is 1.82. The lowest BCUT2D eigenvalue weighted by molar-refractivity contribution is -0.127. The van der Waals surface area contributed by atoms with Crippen molar-refractivity contribution in [3.63, 3.8) is 0 Å². The molecule has 8 nitrogen and oxygen atoms in total. The zero-order valence-electron chi connectivity index (χ0n) is 17.5. The molecule has 2 aromatic heterocycles. The third-order valence-corrected chi connectivity index (χ3v) is 6.21. The average Bonchev–Trinajstić information content (AvgIpc) is 3.24. The topological polar surface area (TPSA) is 83.4 Å². The molecule has 2 saturated heterocycles. The van der Waals surface area contributed by atoms with Crippen molar-refractivity contribution < 1.29 is 9.59 Å². The normalized spacial score (nSPS) is 20.8. The van der Waals surface area contributed by atoms with Crippen LogP contribution in [0.5, 0.6) is 0 Å². The molecule has 2 aliphatic rings. The van der Waals surface area contributed by atoms with E-state index in [0.29, 0.717) is 18.2 Å². The van der Waals surface area contributed by atoms with Crippen molar-refractivity contribution in [3.8, 4) is 0 Å². The summed E-state index contributed by atoms with van der Waals surface area (Å²) in [5.74, 6) is 0.207. The number of hydrogen-bond acceptors (Lipinski definition) is 5. The lowest BCUT2D eigenvalue weighted by Gasteiger charge is -2.42. The van der Waals surface area contributed by atoms with Gasteiger partial charge in [0.2, 0.25) is 5.91 Å². The molecule has 0 aromatic carbocycles. The maximum atomic E-state index is 12.7. The van der Waals surface area contributed by atoms with E-state index in [-0.39, 0.29) is 17.7 Å². The molecule has 0 saturated carbocycles. The summed E-state index contributed by atoms with van der Waals surface area (Å²) in [6.45, 7) is 3.82. The average molecular weight is 411 g/mol. The number of rotatable bonds is 5. The minimum atomic E-state index is 0.0255. The van der Waals surface area contributed by atoms with Crippen LogP contribution in [0.2, 0.25) is 0 Å². The van der Waals surface area contributed by atoms with Gasteiger partial charge >= 0.3 is 0 Å². The van der Waals surface area contributed by atoms with Gasteiger partial charge in [-0.15, -0.1) is 0 Å². The van der Waals surface area contributed by atoms with E-state index >= 15 is 0 Å². The third kappa shape index (κ3) is 4.87. The number of piperidine rings is 2. The molecule has 0 bridgehead atoms. The van der Waals surface area contributed by atoms with Crippen LogP contribution < -0.4 is 5.32 Å². The maximum Gasteiger partial charge on any atom is 0.257 e. The Bertz CT molecular complexity index is 860. The lowest BCUT2D eigenvalue weighted by atomic mass is 9.93. The quantitative estimate of drug-likeness (QED) is 0.807. The van der Waals surface area contributed by atoms with Gasteiger partial charge in [-0.2, -0.15) is 5.10 Å². The van der Waals surface area contributed by atoms with Gasteiger partial charge in [-0.1, -0.05) is 6.07 Å². The fourth-order valence-electron chi connectivity index (χ4n) is 4.53. The molecule has 0 radical (unpaired) electrons. The van der Waals surface area contributed by atoms with Crippen LogP contribution >= 0.6 is 0 Å². The second kappa shape index (κ2) is 9.38. The van der Waals surface area contributed by atoms with E-state index in [9.17, 15) is 9.59 Å². The smallest absolute Gasteiger partial charge is 0.257 e.